The third kappa shape index (κ3) is 2.31. The van der Waals surface area contributed by atoms with E-state index in [-0.39, 0.29) is 11.3 Å². The average molecular weight is 294 g/mol. The Kier molecular flexibility index (Phi) is 3.86. The molecule has 0 saturated carbocycles. The summed E-state index contributed by atoms with van der Waals surface area (Å²) in [4.78, 5) is 23.6. The fourth-order valence-electron chi connectivity index (χ4n) is 1.97. The molecule has 2 rings (SSSR count). The molecule has 1 heterocycles. The van der Waals surface area contributed by atoms with E-state index in [9.17, 15) is 14.7 Å². The van der Waals surface area contributed by atoms with Gasteiger partial charge in [-0.3, -0.25) is 0 Å². The van der Waals surface area contributed by atoms with E-state index >= 15 is 0 Å². The summed E-state index contributed by atoms with van der Waals surface area (Å²) in [6, 6.07) is 4.90. The van der Waals surface area contributed by atoms with Gasteiger partial charge in [0.2, 0.25) is 0 Å². The maximum atomic E-state index is 11.8. The molecule has 1 N–H and O–H groups in total. The zero-order valence-electron chi connectivity index (χ0n) is 11.7. The second-order valence-corrected chi connectivity index (χ2v) is 4.17. The summed E-state index contributed by atoms with van der Waals surface area (Å²) in [5.74, 6) is -4.22. The van der Waals surface area contributed by atoms with E-state index in [1.807, 2.05) is 0 Å². The molecule has 0 aromatic heterocycles. The molecule has 21 heavy (non-hydrogen) atoms. The molecule has 0 spiro atoms. The van der Waals surface area contributed by atoms with Gasteiger partial charge in [0.25, 0.3) is 0 Å². The molecule has 0 fully saturated rings. The van der Waals surface area contributed by atoms with Gasteiger partial charge in [-0.15, -0.1) is 0 Å². The van der Waals surface area contributed by atoms with Gasteiger partial charge in [0, 0.05) is 5.56 Å². The molecule has 0 aliphatic carbocycles. The summed E-state index contributed by atoms with van der Waals surface area (Å²) in [5.41, 5.74) is 0.0842. The number of hydrogen-bond donors (Lipinski definition) is 1. The van der Waals surface area contributed by atoms with Crippen LogP contribution < -0.4 is 9.47 Å². The minimum Gasteiger partial charge on any atom is -0.493 e. The second kappa shape index (κ2) is 5.45. The fourth-order valence-corrected chi connectivity index (χ4v) is 1.97. The van der Waals surface area contributed by atoms with Gasteiger partial charge in [-0.05, 0) is 12.1 Å². The second-order valence-electron chi connectivity index (χ2n) is 4.17. The number of fused-ring (bicyclic) bond motifs is 1. The SMILES string of the molecule is COC(=O)C1=Cc2cccc(OC)c2OC1(O)C(=O)OC. The van der Waals surface area contributed by atoms with Crippen molar-refractivity contribution in [2.75, 3.05) is 21.3 Å². The van der Waals surface area contributed by atoms with Crippen LogP contribution in [0.5, 0.6) is 11.5 Å². The lowest BCUT2D eigenvalue weighted by Gasteiger charge is -2.31. The maximum Gasteiger partial charge on any atom is 0.384 e. The Morgan fingerprint density at radius 3 is 2.48 bits per heavy atom. The van der Waals surface area contributed by atoms with Crippen molar-refractivity contribution < 1.29 is 33.6 Å². The minimum absolute atomic E-state index is 0.126. The summed E-state index contributed by atoms with van der Waals surface area (Å²) < 4.78 is 19.5. The van der Waals surface area contributed by atoms with Gasteiger partial charge in [0.05, 0.1) is 21.3 Å². The molecule has 1 unspecified atom stereocenters. The molecule has 112 valence electrons. The summed E-state index contributed by atoms with van der Waals surface area (Å²) in [6.07, 6.45) is 1.30. The number of carbonyl (C=O) groups excluding carboxylic acids is 2. The van der Waals surface area contributed by atoms with Crippen molar-refractivity contribution >= 4 is 18.0 Å². The molecule has 0 saturated heterocycles. The molecule has 0 radical (unpaired) electrons. The molecule has 7 heteroatoms. The van der Waals surface area contributed by atoms with Crippen LogP contribution in [0.25, 0.3) is 6.08 Å². The molecule has 0 amide bonds. The Hall–Kier alpha value is -2.54. The van der Waals surface area contributed by atoms with Crippen molar-refractivity contribution in [1.29, 1.82) is 0 Å². The number of benzene rings is 1. The number of esters is 2. The van der Waals surface area contributed by atoms with Gasteiger partial charge in [-0.2, -0.15) is 0 Å². The highest BCUT2D eigenvalue weighted by atomic mass is 16.7. The molecule has 1 aromatic carbocycles. The lowest BCUT2D eigenvalue weighted by molar-refractivity contribution is -0.190. The fraction of sp³-hybridized carbons (Fsp3) is 0.286. The minimum atomic E-state index is -2.59. The first kappa shape index (κ1) is 14.9. The van der Waals surface area contributed by atoms with E-state index in [4.69, 9.17) is 9.47 Å². The third-order valence-electron chi connectivity index (χ3n) is 3.01. The highest BCUT2D eigenvalue weighted by Gasteiger charge is 2.51. The quantitative estimate of drug-likeness (QED) is 0.812. The van der Waals surface area contributed by atoms with Crippen LogP contribution in [0.4, 0.5) is 0 Å². The van der Waals surface area contributed by atoms with Crippen LogP contribution in [-0.4, -0.2) is 44.2 Å². The predicted octanol–water partition coefficient (Wildman–Crippen LogP) is 0.506. The zero-order chi connectivity index (χ0) is 15.6. The summed E-state index contributed by atoms with van der Waals surface area (Å²) in [7, 11) is 3.61. The Morgan fingerprint density at radius 1 is 1.19 bits per heavy atom. The third-order valence-corrected chi connectivity index (χ3v) is 3.01. The highest BCUT2D eigenvalue weighted by molar-refractivity contribution is 6.04. The zero-order valence-corrected chi connectivity index (χ0v) is 11.7. The number of para-hydroxylation sites is 1. The first-order valence-corrected chi connectivity index (χ1v) is 5.95. The number of carbonyl (C=O) groups is 2. The lowest BCUT2D eigenvalue weighted by atomic mass is 9.98. The highest BCUT2D eigenvalue weighted by Crippen LogP contribution is 2.41. The number of ether oxygens (including phenoxy) is 4. The Morgan fingerprint density at radius 2 is 1.90 bits per heavy atom. The van der Waals surface area contributed by atoms with E-state index in [1.54, 1.807) is 18.2 Å². The van der Waals surface area contributed by atoms with Gasteiger partial charge in [0.1, 0.15) is 5.57 Å². The van der Waals surface area contributed by atoms with Crippen LogP contribution in [0.3, 0.4) is 0 Å². The molecule has 1 aliphatic rings. The van der Waals surface area contributed by atoms with Gasteiger partial charge in [-0.25, -0.2) is 9.59 Å². The molecular weight excluding hydrogens is 280 g/mol. The molecule has 0 bridgehead atoms. The molecule has 7 nitrogen and oxygen atoms in total. The molecule has 1 aromatic rings. The van der Waals surface area contributed by atoms with Crippen LogP contribution >= 0.6 is 0 Å². The topological polar surface area (TPSA) is 91.3 Å². The Labute approximate surface area is 120 Å². The van der Waals surface area contributed by atoms with Crippen LogP contribution in [0.2, 0.25) is 0 Å². The van der Waals surface area contributed by atoms with Crippen molar-refractivity contribution in [3.8, 4) is 11.5 Å². The molecule has 1 aliphatic heterocycles. The smallest absolute Gasteiger partial charge is 0.384 e. The van der Waals surface area contributed by atoms with Gasteiger partial charge >= 0.3 is 17.7 Å². The van der Waals surface area contributed by atoms with Crippen molar-refractivity contribution in [3.63, 3.8) is 0 Å². The normalized spacial score (nSPS) is 19.7. The first-order chi connectivity index (χ1) is 9.97. The summed E-state index contributed by atoms with van der Waals surface area (Å²) in [5, 5.41) is 10.4. The predicted molar refractivity (Wildman–Crippen MR) is 70.6 cm³/mol. The van der Waals surface area contributed by atoms with Crippen LogP contribution in [0.1, 0.15) is 5.56 Å². The summed E-state index contributed by atoms with van der Waals surface area (Å²) >= 11 is 0. The van der Waals surface area contributed by atoms with E-state index < -0.39 is 17.7 Å². The van der Waals surface area contributed by atoms with E-state index in [1.165, 1.54) is 13.2 Å². The molecular formula is C14H14O7. The van der Waals surface area contributed by atoms with Crippen LogP contribution in [-0.2, 0) is 19.1 Å². The number of aliphatic hydroxyl groups is 1. The van der Waals surface area contributed by atoms with Crippen LogP contribution in [0.15, 0.2) is 23.8 Å². The van der Waals surface area contributed by atoms with Crippen molar-refractivity contribution in [2.45, 2.75) is 5.79 Å². The number of methoxy groups -OCH3 is 3. The largest absolute Gasteiger partial charge is 0.493 e. The Balaban J connectivity index is 2.65. The van der Waals surface area contributed by atoms with Crippen LogP contribution in [0, 0.1) is 0 Å². The number of hydrogen-bond acceptors (Lipinski definition) is 7. The number of rotatable bonds is 3. The monoisotopic (exact) mass is 294 g/mol. The molecule has 1 atom stereocenters. The van der Waals surface area contributed by atoms with E-state index in [0.29, 0.717) is 11.3 Å². The van der Waals surface area contributed by atoms with E-state index in [2.05, 4.69) is 9.47 Å². The summed E-state index contributed by atoms with van der Waals surface area (Å²) in [6.45, 7) is 0. The first-order valence-electron chi connectivity index (χ1n) is 5.95. The van der Waals surface area contributed by atoms with Crippen molar-refractivity contribution in [3.05, 3.63) is 29.3 Å². The van der Waals surface area contributed by atoms with E-state index in [0.717, 1.165) is 14.2 Å². The Bertz CT molecular complexity index is 620. The van der Waals surface area contributed by atoms with Crippen molar-refractivity contribution in [2.24, 2.45) is 0 Å². The maximum absolute atomic E-state index is 11.8. The average Bonchev–Trinajstić information content (AvgIpc) is 2.51. The lowest BCUT2D eigenvalue weighted by Crippen LogP contribution is -2.50. The van der Waals surface area contributed by atoms with Crippen molar-refractivity contribution in [1.82, 2.24) is 0 Å². The van der Waals surface area contributed by atoms with Gasteiger partial charge in [-0.1, -0.05) is 12.1 Å². The standard InChI is InChI=1S/C14H14O7/c1-18-10-6-4-5-8-7-9(12(15)19-2)14(17,13(16)20-3)21-11(8)10/h4-7,17H,1-3H3. The van der Waals surface area contributed by atoms with Gasteiger partial charge in [0.15, 0.2) is 11.5 Å². The van der Waals surface area contributed by atoms with Gasteiger partial charge < -0.3 is 24.1 Å².